The number of carbonyl (C=O) groups is 1. The monoisotopic (exact) mass is 402 g/mol. The molecule has 3 rings (SSSR count). The van der Waals surface area contributed by atoms with Gasteiger partial charge in [0.15, 0.2) is 11.0 Å². The number of carbonyl (C=O) groups excluding carboxylic acids is 1. The van der Waals surface area contributed by atoms with Crippen molar-refractivity contribution in [2.75, 3.05) is 39.5 Å². The molecule has 2 aromatic heterocycles. The van der Waals surface area contributed by atoms with Gasteiger partial charge in [0, 0.05) is 37.6 Å². The molecule has 28 heavy (non-hydrogen) atoms. The molecule has 0 atom stereocenters. The second-order valence-electron chi connectivity index (χ2n) is 7.70. The highest BCUT2D eigenvalue weighted by atomic mass is 32.2. The van der Waals surface area contributed by atoms with Gasteiger partial charge in [-0.25, -0.2) is 0 Å². The van der Waals surface area contributed by atoms with Crippen molar-refractivity contribution in [3.8, 4) is 11.4 Å². The summed E-state index contributed by atoms with van der Waals surface area (Å²) in [5, 5.41) is 9.61. The average Bonchev–Trinajstić information content (AvgIpc) is 3.10. The Morgan fingerprint density at radius 3 is 2.61 bits per heavy atom. The Hall–Kier alpha value is -1.93. The summed E-state index contributed by atoms with van der Waals surface area (Å²) in [7, 11) is 4.15. The first-order valence-corrected chi connectivity index (χ1v) is 10.9. The molecule has 0 radical (unpaired) electrons. The highest BCUT2D eigenvalue weighted by Gasteiger charge is 2.22. The van der Waals surface area contributed by atoms with Crippen LogP contribution >= 0.6 is 11.8 Å². The lowest BCUT2D eigenvalue weighted by Gasteiger charge is -2.30. The first kappa shape index (κ1) is 20.8. The van der Waals surface area contributed by atoms with Gasteiger partial charge in [-0.2, -0.15) is 0 Å². The fourth-order valence-electron chi connectivity index (χ4n) is 3.33. The molecule has 3 heterocycles. The van der Waals surface area contributed by atoms with Crippen LogP contribution in [-0.4, -0.2) is 74.9 Å². The lowest BCUT2D eigenvalue weighted by molar-refractivity contribution is -0.129. The van der Waals surface area contributed by atoms with E-state index in [1.54, 1.807) is 12.4 Å². The third-order valence-corrected chi connectivity index (χ3v) is 6.06. The number of rotatable bonds is 8. The molecule has 1 fully saturated rings. The molecule has 1 amide bonds. The van der Waals surface area contributed by atoms with E-state index >= 15 is 0 Å². The van der Waals surface area contributed by atoms with Crippen LogP contribution in [0, 0.1) is 5.92 Å². The standard InChI is InChI=1S/C20H30N6OS/c1-16-7-13-25(14-8-16)18(27)15-28-20-23-22-19(17-5-9-21-10-6-17)26(20)12-4-11-24(2)3/h5-6,9-10,16H,4,7-8,11-15H2,1-3H3. The SMILES string of the molecule is CC1CCN(C(=O)CSc2nnc(-c3ccncc3)n2CCCN(C)C)CC1. The van der Waals surface area contributed by atoms with Crippen LogP contribution in [0.25, 0.3) is 11.4 Å². The van der Waals surface area contributed by atoms with Crippen molar-refractivity contribution in [2.45, 2.75) is 37.9 Å². The lowest BCUT2D eigenvalue weighted by Crippen LogP contribution is -2.38. The highest BCUT2D eigenvalue weighted by Crippen LogP contribution is 2.25. The molecule has 152 valence electrons. The Morgan fingerprint density at radius 2 is 1.93 bits per heavy atom. The number of likely N-dealkylation sites (tertiary alicyclic amines) is 1. The number of piperidine rings is 1. The molecule has 0 aliphatic carbocycles. The zero-order chi connectivity index (χ0) is 19.9. The van der Waals surface area contributed by atoms with Gasteiger partial charge in [-0.3, -0.25) is 9.78 Å². The van der Waals surface area contributed by atoms with Gasteiger partial charge in [0.05, 0.1) is 5.75 Å². The second-order valence-corrected chi connectivity index (χ2v) is 8.65. The molecule has 0 aromatic carbocycles. The quantitative estimate of drug-likeness (QED) is 0.633. The van der Waals surface area contributed by atoms with Crippen molar-refractivity contribution >= 4 is 17.7 Å². The van der Waals surface area contributed by atoms with Crippen LogP contribution in [0.1, 0.15) is 26.2 Å². The van der Waals surface area contributed by atoms with E-state index in [9.17, 15) is 4.79 Å². The average molecular weight is 403 g/mol. The van der Waals surface area contributed by atoms with Gasteiger partial charge in [0.1, 0.15) is 0 Å². The van der Waals surface area contributed by atoms with E-state index in [1.165, 1.54) is 11.8 Å². The molecule has 8 heteroatoms. The summed E-state index contributed by atoms with van der Waals surface area (Å²) in [5.41, 5.74) is 0.996. The molecule has 1 saturated heterocycles. The van der Waals surface area contributed by atoms with Crippen LogP contribution in [-0.2, 0) is 11.3 Å². The minimum atomic E-state index is 0.199. The summed E-state index contributed by atoms with van der Waals surface area (Å²) in [4.78, 5) is 20.9. The normalized spacial score (nSPS) is 15.4. The summed E-state index contributed by atoms with van der Waals surface area (Å²) in [6, 6.07) is 3.89. The summed E-state index contributed by atoms with van der Waals surface area (Å²) >= 11 is 1.49. The summed E-state index contributed by atoms with van der Waals surface area (Å²) in [6.45, 7) is 5.81. The van der Waals surface area contributed by atoms with Crippen LogP contribution in [0.4, 0.5) is 0 Å². The fraction of sp³-hybridized carbons (Fsp3) is 0.600. The zero-order valence-corrected chi connectivity index (χ0v) is 17.9. The third-order valence-electron chi connectivity index (χ3n) is 5.10. The highest BCUT2D eigenvalue weighted by molar-refractivity contribution is 7.99. The number of hydrogen-bond donors (Lipinski definition) is 0. The van der Waals surface area contributed by atoms with Gasteiger partial charge in [-0.1, -0.05) is 18.7 Å². The third kappa shape index (κ3) is 5.54. The van der Waals surface area contributed by atoms with Gasteiger partial charge in [0.2, 0.25) is 5.91 Å². The van der Waals surface area contributed by atoms with Crippen LogP contribution < -0.4 is 0 Å². The second kappa shape index (κ2) is 10.0. The minimum absolute atomic E-state index is 0.199. The van der Waals surface area contributed by atoms with Crippen molar-refractivity contribution in [2.24, 2.45) is 5.92 Å². The van der Waals surface area contributed by atoms with Crippen molar-refractivity contribution in [1.82, 2.24) is 29.5 Å². The molecule has 1 aliphatic heterocycles. The van der Waals surface area contributed by atoms with E-state index in [1.807, 2.05) is 17.0 Å². The molecule has 0 saturated carbocycles. The predicted molar refractivity (Wildman–Crippen MR) is 112 cm³/mol. The maximum atomic E-state index is 12.6. The van der Waals surface area contributed by atoms with Crippen LogP contribution in [0.2, 0.25) is 0 Å². The number of aromatic nitrogens is 4. The van der Waals surface area contributed by atoms with E-state index < -0.39 is 0 Å². The van der Waals surface area contributed by atoms with Gasteiger partial charge < -0.3 is 14.4 Å². The largest absolute Gasteiger partial charge is 0.342 e. The molecular formula is C20H30N6OS. The Kier molecular flexibility index (Phi) is 7.44. The maximum Gasteiger partial charge on any atom is 0.233 e. The van der Waals surface area contributed by atoms with E-state index in [-0.39, 0.29) is 5.91 Å². The molecule has 1 aliphatic rings. The molecular weight excluding hydrogens is 372 g/mol. The Morgan fingerprint density at radius 1 is 1.21 bits per heavy atom. The van der Waals surface area contributed by atoms with E-state index in [0.29, 0.717) is 5.75 Å². The Labute approximate surface area is 171 Å². The fourth-order valence-corrected chi connectivity index (χ4v) is 4.20. The lowest BCUT2D eigenvalue weighted by atomic mass is 9.99. The van der Waals surface area contributed by atoms with Gasteiger partial charge in [-0.05, 0) is 58.0 Å². The maximum absolute atomic E-state index is 12.6. The van der Waals surface area contributed by atoms with E-state index in [0.717, 1.165) is 67.9 Å². The Balaban J connectivity index is 1.69. The molecule has 2 aromatic rings. The molecule has 0 bridgehead atoms. The molecule has 0 unspecified atom stereocenters. The molecule has 0 N–H and O–H groups in total. The number of pyridine rings is 1. The zero-order valence-electron chi connectivity index (χ0n) is 17.0. The van der Waals surface area contributed by atoms with Crippen molar-refractivity contribution in [3.63, 3.8) is 0 Å². The predicted octanol–water partition coefficient (Wildman–Crippen LogP) is 2.64. The molecule has 0 spiro atoms. The summed E-state index contributed by atoms with van der Waals surface area (Å²) < 4.78 is 2.13. The number of nitrogens with zero attached hydrogens (tertiary/aromatic N) is 6. The summed E-state index contributed by atoms with van der Waals surface area (Å²) in [6.07, 6.45) is 6.73. The van der Waals surface area contributed by atoms with Gasteiger partial charge in [-0.15, -0.1) is 10.2 Å². The van der Waals surface area contributed by atoms with E-state index in [2.05, 4.69) is 45.7 Å². The van der Waals surface area contributed by atoms with Crippen molar-refractivity contribution < 1.29 is 4.79 Å². The number of hydrogen-bond acceptors (Lipinski definition) is 6. The van der Waals surface area contributed by atoms with Crippen LogP contribution in [0.5, 0.6) is 0 Å². The van der Waals surface area contributed by atoms with Crippen LogP contribution in [0.3, 0.4) is 0 Å². The number of amides is 1. The van der Waals surface area contributed by atoms with Crippen molar-refractivity contribution in [3.05, 3.63) is 24.5 Å². The van der Waals surface area contributed by atoms with Crippen molar-refractivity contribution in [1.29, 1.82) is 0 Å². The number of thioether (sulfide) groups is 1. The minimum Gasteiger partial charge on any atom is -0.342 e. The smallest absolute Gasteiger partial charge is 0.233 e. The Bertz CT molecular complexity index is 755. The topological polar surface area (TPSA) is 67.2 Å². The van der Waals surface area contributed by atoms with Gasteiger partial charge in [0.25, 0.3) is 0 Å². The first-order valence-electron chi connectivity index (χ1n) is 9.93. The molecule has 7 nitrogen and oxygen atoms in total. The first-order chi connectivity index (χ1) is 13.5. The summed E-state index contributed by atoms with van der Waals surface area (Å²) in [5.74, 6) is 2.17. The van der Waals surface area contributed by atoms with Crippen LogP contribution in [0.15, 0.2) is 29.7 Å². The van der Waals surface area contributed by atoms with E-state index in [4.69, 9.17) is 0 Å². The van der Waals surface area contributed by atoms with Gasteiger partial charge >= 0.3 is 0 Å².